The number of aryl methyl sites for hydroxylation is 1. The standard InChI is InChI=1S/C23H19F3N4O3S/c1-14-5-2-3-6-18(14)33-12-4-11-32-16-9-7-15(8-10-16)13-17-19(27)30-22(28-20(17)31)34-21(29-30)23(24,25)26/h2-3,5-10,13,27H,4,11-12H2,1H3/b17-13-,27-19?. The normalized spacial score (nSPS) is 16.9. The van der Waals surface area contributed by atoms with Crippen LogP contribution in [0.4, 0.5) is 13.2 Å². The minimum absolute atomic E-state index is 0.154. The van der Waals surface area contributed by atoms with Crippen molar-refractivity contribution in [3.63, 3.8) is 0 Å². The van der Waals surface area contributed by atoms with E-state index in [-0.39, 0.29) is 22.5 Å². The third kappa shape index (κ3) is 5.30. The molecule has 0 unspecified atom stereocenters. The Hall–Kier alpha value is -3.60. The fourth-order valence-corrected chi connectivity index (χ4v) is 3.84. The Morgan fingerprint density at radius 3 is 2.50 bits per heavy atom. The van der Waals surface area contributed by atoms with Crippen LogP contribution in [0.1, 0.15) is 17.5 Å². The van der Waals surface area contributed by atoms with Crippen LogP contribution in [0.2, 0.25) is 0 Å². The van der Waals surface area contributed by atoms with Gasteiger partial charge in [-0.1, -0.05) is 30.3 Å². The van der Waals surface area contributed by atoms with Crippen LogP contribution in [-0.2, 0) is 4.79 Å². The van der Waals surface area contributed by atoms with Gasteiger partial charge in [0.25, 0.3) is 5.91 Å². The number of halogens is 3. The van der Waals surface area contributed by atoms with Crippen LogP contribution in [0.25, 0.3) is 6.08 Å². The number of hydrazone groups is 1. The molecule has 0 saturated heterocycles. The molecule has 0 atom stereocenters. The average Bonchev–Trinajstić information content (AvgIpc) is 3.23. The van der Waals surface area contributed by atoms with E-state index < -0.39 is 23.0 Å². The summed E-state index contributed by atoms with van der Waals surface area (Å²) in [5.41, 5.74) is 1.48. The maximum Gasteiger partial charge on any atom is 0.441 e. The minimum Gasteiger partial charge on any atom is -0.493 e. The number of aliphatic imine (C=N–C) groups is 1. The lowest BCUT2D eigenvalue weighted by molar-refractivity contribution is -0.114. The van der Waals surface area contributed by atoms with Gasteiger partial charge in [-0.2, -0.15) is 28.3 Å². The number of nitrogens with one attached hydrogen (secondary N) is 1. The van der Waals surface area contributed by atoms with Gasteiger partial charge in [0.15, 0.2) is 5.84 Å². The SMILES string of the molecule is Cc1ccccc1OCCCOc1ccc(/C=C2/C(=N)N3N=C(C(F)(F)F)SC3=NC2=O)cc1. The second-order valence-corrected chi connectivity index (χ2v) is 8.26. The first kappa shape index (κ1) is 23.6. The van der Waals surface area contributed by atoms with Gasteiger partial charge in [-0.15, -0.1) is 0 Å². The van der Waals surface area contributed by atoms with Gasteiger partial charge < -0.3 is 9.47 Å². The van der Waals surface area contributed by atoms with Crippen molar-refractivity contribution in [3.05, 3.63) is 65.2 Å². The lowest BCUT2D eigenvalue weighted by atomic mass is 10.1. The molecule has 0 spiro atoms. The van der Waals surface area contributed by atoms with Crippen molar-refractivity contribution < 1.29 is 27.4 Å². The molecule has 0 aliphatic carbocycles. The fraction of sp³-hybridized carbons (Fsp3) is 0.217. The van der Waals surface area contributed by atoms with E-state index in [0.29, 0.717) is 30.9 Å². The van der Waals surface area contributed by atoms with Crippen LogP contribution >= 0.6 is 11.8 Å². The zero-order valence-corrected chi connectivity index (χ0v) is 18.7. The first-order valence-electron chi connectivity index (χ1n) is 10.2. The highest BCUT2D eigenvalue weighted by atomic mass is 32.2. The van der Waals surface area contributed by atoms with Crippen molar-refractivity contribution in [3.8, 4) is 11.5 Å². The number of benzene rings is 2. The third-order valence-corrected chi connectivity index (χ3v) is 5.75. The number of para-hydroxylation sites is 1. The lowest BCUT2D eigenvalue weighted by Gasteiger charge is -2.20. The Bertz CT molecular complexity index is 1210. The molecule has 34 heavy (non-hydrogen) atoms. The zero-order chi connectivity index (χ0) is 24.3. The van der Waals surface area contributed by atoms with Crippen LogP contribution < -0.4 is 9.47 Å². The summed E-state index contributed by atoms with van der Waals surface area (Å²) in [5.74, 6) is 0.192. The molecule has 1 amide bonds. The van der Waals surface area contributed by atoms with Gasteiger partial charge in [0.1, 0.15) is 11.5 Å². The van der Waals surface area contributed by atoms with Gasteiger partial charge in [0.2, 0.25) is 10.2 Å². The predicted molar refractivity (Wildman–Crippen MR) is 124 cm³/mol. The first-order valence-corrected chi connectivity index (χ1v) is 11.0. The highest BCUT2D eigenvalue weighted by molar-refractivity contribution is 8.27. The molecule has 4 rings (SSSR count). The Morgan fingerprint density at radius 2 is 1.79 bits per heavy atom. The van der Waals surface area contributed by atoms with Crippen LogP contribution in [-0.4, -0.2) is 46.4 Å². The predicted octanol–water partition coefficient (Wildman–Crippen LogP) is 5.02. The van der Waals surface area contributed by atoms with Crippen molar-refractivity contribution in [2.45, 2.75) is 19.5 Å². The Morgan fingerprint density at radius 1 is 1.09 bits per heavy atom. The molecule has 7 nitrogen and oxygen atoms in total. The van der Waals surface area contributed by atoms with E-state index in [0.717, 1.165) is 16.3 Å². The first-order chi connectivity index (χ1) is 16.2. The molecule has 2 aromatic carbocycles. The summed E-state index contributed by atoms with van der Waals surface area (Å²) in [6, 6.07) is 14.5. The number of hydrogen-bond acceptors (Lipinski definition) is 6. The van der Waals surface area contributed by atoms with Crippen molar-refractivity contribution >= 4 is 39.8 Å². The van der Waals surface area contributed by atoms with Crippen LogP contribution in [0.3, 0.4) is 0 Å². The fourth-order valence-electron chi connectivity index (χ4n) is 3.08. The number of carbonyl (C=O) groups excluding carboxylic acids is 1. The third-order valence-electron chi connectivity index (χ3n) is 4.80. The van der Waals surface area contributed by atoms with Gasteiger partial charge >= 0.3 is 6.18 Å². The van der Waals surface area contributed by atoms with Crippen LogP contribution in [0.5, 0.6) is 11.5 Å². The van der Waals surface area contributed by atoms with E-state index in [2.05, 4.69) is 10.1 Å². The van der Waals surface area contributed by atoms with E-state index in [1.165, 1.54) is 6.08 Å². The molecule has 2 aliphatic heterocycles. The van der Waals surface area contributed by atoms with E-state index in [9.17, 15) is 18.0 Å². The zero-order valence-electron chi connectivity index (χ0n) is 17.9. The smallest absolute Gasteiger partial charge is 0.441 e. The maximum atomic E-state index is 12.9. The molecular formula is C23H19F3N4O3S. The highest BCUT2D eigenvalue weighted by Gasteiger charge is 2.46. The van der Waals surface area contributed by atoms with E-state index in [1.54, 1.807) is 24.3 Å². The quantitative estimate of drug-likeness (QED) is 0.437. The average molecular weight is 488 g/mol. The number of amidine groups is 2. The van der Waals surface area contributed by atoms with Crippen LogP contribution in [0, 0.1) is 12.3 Å². The topological polar surface area (TPSA) is 87.3 Å². The molecule has 2 heterocycles. The summed E-state index contributed by atoms with van der Waals surface area (Å²) in [6.45, 7) is 2.93. The molecule has 0 fully saturated rings. The highest BCUT2D eigenvalue weighted by Crippen LogP contribution is 2.35. The summed E-state index contributed by atoms with van der Waals surface area (Å²) >= 11 is 0.216. The van der Waals surface area contributed by atoms with Crippen molar-refractivity contribution in [2.75, 3.05) is 13.2 Å². The van der Waals surface area contributed by atoms with Gasteiger partial charge in [-0.05, 0) is 54.1 Å². The summed E-state index contributed by atoms with van der Waals surface area (Å²) in [7, 11) is 0. The Labute approximate surface area is 197 Å². The lowest BCUT2D eigenvalue weighted by Crippen LogP contribution is -2.35. The maximum absolute atomic E-state index is 12.9. The molecule has 1 N–H and O–H groups in total. The largest absolute Gasteiger partial charge is 0.493 e. The minimum atomic E-state index is -4.68. The molecule has 176 valence electrons. The van der Waals surface area contributed by atoms with E-state index in [1.807, 2.05) is 31.2 Å². The van der Waals surface area contributed by atoms with Gasteiger partial charge in [0.05, 0.1) is 18.8 Å². The Balaban J connectivity index is 1.33. The van der Waals surface area contributed by atoms with Gasteiger partial charge in [0, 0.05) is 6.42 Å². The van der Waals surface area contributed by atoms with E-state index >= 15 is 0 Å². The van der Waals surface area contributed by atoms with Crippen molar-refractivity contribution in [1.29, 1.82) is 5.41 Å². The summed E-state index contributed by atoms with van der Waals surface area (Å²) in [5, 5.41) is 10.8. The number of thioether (sulfide) groups is 1. The van der Waals surface area contributed by atoms with Crippen molar-refractivity contribution in [2.24, 2.45) is 10.1 Å². The number of nitrogens with zero attached hydrogens (tertiary/aromatic N) is 3. The second kappa shape index (κ2) is 9.72. The summed E-state index contributed by atoms with van der Waals surface area (Å²) in [6.07, 6.45) is -2.61. The monoisotopic (exact) mass is 488 g/mol. The van der Waals surface area contributed by atoms with Crippen LogP contribution in [0.15, 0.2) is 64.2 Å². The number of hydrogen-bond donors (Lipinski definition) is 1. The Kier molecular flexibility index (Phi) is 6.73. The number of carbonyl (C=O) groups is 1. The van der Waals surface area contributed by atoms with Gasteiger partial charge in [-0.25, -0.2) is 0 Å². The van der Waals surface area contributed by atoms with Gasteiger partial charge in [-0.3, -0.25) is 10.2 Å². The number of fused-ring (bicyclic) bond motifs is 1. The molecule has 2 aliphatic rings. The molecule has 0 aromatic heterocycles. The molecule has 0 saturated carbocycles. The van der Waals surface area contributed by atoms with Crippen molar-refractivity contribution in [1.82, 2.24) is 5.01 Å². The number of ether oxygens (including phenoxy) is 2. The number of amides is 1. The molecule has 2 aromatic rings. The van der Waals surface area contributed by atoms with E-state index in [4.69, 9.17) is 14.9 Å². The molecule has 0 radical (unpaired) electrons. The summed E-state index contributed by atoms with van der Waals surface area (Å²) < 4.78 is 50.2. The summed E-state index contributed by atoms with van der Waals surface area (Å²) in [4.78, 5) is 15.9. The molecule has 11 heteroatoms. The molecule has 0 bridgehead atoms. The molecular weight excluding hydrogens is 469 g/mol. The number of alkyl halides is 3. The second-order valence-electron chi connectivity index (χ2n) is 7.31. The number of rotatable bonds is 7.